The average Bonchev–Trinajstić information content (AvgIpc) is 3.20. The van der Waals surface area contributed by atoms with Crippen molar-refractivity contribution in [1.82, 2.24) is 19.4 Å². The van der Waals surface area contributed by atoms with Crippen molar-refractivity contribution in [1.29, 1.82) is 5.26 Å². The second-order valence-electron chi connectivity index (χ2n) is 10.8. The molecule has 0 saturated carbocycles. The summed E-state index contributed by atoms with van der Waals surface area (Å²) in [6.07, 6.45) is 0.491. The fourth-order valence-corrected chi connectivity index (χ4v) is 6.15. The molecular formula is C29H36F3N6P. The first-order valence-electron chi connectivity index (χ1n) is 13.2. The minimum Gasteiger partial charge on any atom is -0.367 e. The zero-order valence-electron chi connectivity index (χ0n) is 23.2. The molecule has 1 fully saturated rings. The van der Waals surface area contributed by atoms with Gasteiger partial charge in [-0.2, -0.15) is 18.4 Å². The number of hydrogen-bond donors (Lipinski definition) is 1. The van der Waals surface area contributed by atoms with Gasteiger partial charge in [0.2, 0.25) is 0 Å². The van der Waals surface area contributed by atoms with E-state index in [2.05, 4.69) is 63.2 Å². The molecule has 0 amide bonds. The van der Waals surface area contributed by atoms with Crippen LogP contribution >= 0.6 is 7.92 Å². The van der Waals surface area contributed by atoms with Gasteiger partial charge < -0.3 is 9.88 Å². The Morgan fingerprint density at radius 2 is 1.92 bits per heavy atom. The molecule has 0 spiro atoms. The summed E-state index contributed by atoms with van der Waals surface area (Å²) in [6.45, 7) is 12.5. The zero-order valence-corrected chi connectivity index (χ0v) is 24.1. The molecule has 0 bridgehead atoms. The normalized spacial score (nSPS) is 15.7. The summed E-state index contributed by atoms with van der Waals surface area (Å²) in [5.74, 6) is 0.587. The Hall–Kier alpha value is -2.95. The first kappa shape index (κ1) is 29.0. The number of anilines is 1. The highest BCUT2D eigenvalue weighted by molar-refractivity contribution is 7.54. The fraction of sp³-hybridized carbons (Fsp3) is 0.483. The summed E-state index contributed by atoms with van der Waals surface area (Å²) >= 11 is 0. The zero-order chi connectivity index (χ0) is 28.3. The van der Waals surface area contributed by atoms with Gasteiger partial charge in [-0.05, 0) is 70.2 Å². The van der Waals surface area contributed by atoms with Gasteiger partial charge in [-0.1, -0.05) is 25.6 Å². The molecule has 1 aromatic carbocycles. The summed E-state index contributed by atoms with van der Waals surface area (Å²) < 4.78 is 40.7. The summed E-state index contributed by atoms with van der Waals surface area (Å²) in [5.41, 5.74) is 5.84. The maximum Gasteiger partial charge on any atom is 0.392 e. The summed E-state index contributed by atoms with van der Waals surface area (Å²) in [7, 11) is -0.173. The van der Waals surface area contributed by atoms with Gasteiger partial charge in [-0.25, -0.2) is 9.97 Å². The van der Waals surface area contributed by atoms with Crippen molar-refractivity contribution < 1.29 is 13.2 Å². The Balaban J connectivity index is 1.42. The average molecular weight is 557 g/mol. The van der Waals surface area contributed by atoms with E-state index in [4.69, 9.17) is 0 Å². The molecule has 1 saturated heterocycles. The molecule has 39 heavy (non-hydrogen) atoms. The van der Waals surface area contributed by atoms with Crippen LogP contribution in [-0.2, 0) is 12.8 Å². The number of nitriles is 1. The van der Waals surface area contributed by atoms with E-state index in [1.807, 2.05) is 6.07 Å². The van der Waals surface area contributed by atoms with E-state index in [0.717, 1.165) is 55.4 Å². The first-order chi connectivity index (χ1) is 18.4. The van der Waals surface area contributed by atoms with Crippen molar-refractivity contribution >= 4 is 30.7 Å². The smallest absolute Gasteiger partial charge is 0.367 e. The molecule has 1 aliphatic rings. The van der Waals surface area contributed by atoms with Gasteiger partial charge in [0.05, 0.1) is 12.1 Å². The van der Waals surface area contributed by atoms with Crippen LogP contribution in [0.5, 0.6) is 0 Å². The maximum atomic E-state index is 12.9. The topological polar surface area (TPSA) is 69.8 Å². The van der Waals surface area contributed by atoms with Crippen LogP contribution in [0.15, 0.2) is 30.1 Å². The standard InChI is InChI=1S/C29H36F3N6P/c1-19(14-29(30,31)32)12-26-21(3)34-17-35-28(26)36-23-8-10-37(11-9-23)16-22-6-7-27-25(20(22)2)13-24(15-33)38(27)18-39(4)5/h6-7,12-13,17,23H,8-11,14,16,18H2,1-5H3,(H,34,35,36)/b19-12+. The van der Waals surface area contributed by atoms with Gasteiger partial charge in [0, 0.05) is 48.4 Å². The molecule has 10 heteroatoms. The molecule has 1 N–H and O–H groups in total. The number of fused-ring (bicyclic) bond motifs is 1. The molecule has 3 aromatic rings. The molecule has 0 radical (unpaired) electrons. The van der Waals surface area contributed by atoms with Crippen molar-refractivity contribution in [3.63, 3.8) is 0 Å². The lowest BCUT2D eigenvalue weighted by molar-refractivity contribution is -0.126. The lowest BCUT2D eigenvalue weighted by Gasteiger charge is -2.33. The highest BCUT2D eigenvalue weighted by atomic mass is 31.1. The third-order valence-electron chi connectivity index (χ3n) is 7.28. The molecule has 1 aliphatic heterocycles. The Bertz CT molecular complexity index is 1390. The largest absolute Gasteiger partial charge is 0.392 e. The quantitative estimate of drug-likeness (QED) is 0.301. The predicted octanol–water partition coefficient (Wildman–Crippen LogP) is 7.05. The van der Waals surface area contributed by atoms with Gasteiger partial charge in [0.25, 0.3) is 0 Å². The number of aryl methyl sites for hydroxylation is 2. The molecule has 2 aromatic heterocycles. The second-order valence-corrected chi connectivity index (χ2v) is 13.2. The first-order valence-corrected chi connectivity index (χ1v) is 15.6. The Morgan fingerprint density at radius 3 is 2.56 bits per heavy atom. The maximum absolute atomic E-state index is 12.9. The monoisotopic (exact) mass is 556 g/mol. The predicted molar refractivity (Wildman–Crippen MR) is 153 cm³/mol. The number of allylic oxidation sites excluding steroid dienone is 1. The molecule has 6 nitrogen and oxygen atoms in total. The molecule has 208 valence electrons. The van der Waals surface area contributed by atoms with Crippen LogP contribution in [0.4, 0.5) is 19.0 Å². The van der Waals surface area contributed by atoms with Crippen molar-refractivity contribution in [2.75, 3.05) is 31.7 Å². The van der Waals surface area contributed by atoms with Crippen molar-refractivity contribution in [3.05, 3.63) is 58.2 Å². The van der Waals surface area contributed by atoms with Crippen LogP contribution in [0.2, 0.25) is 0 Å². The molecule has 0 aliphatic carbocycles. The second kappa shape index (κ2) is 12.1. The number of rotatable bonds is 8. The van der Waals surface area contributed by atoms with Crippen molar-refractivity contribution in [2.24, 2.45) is 0 Å². The number of nitrogens with one attached hydrogen (secondary N) is 1. The van der Waals surface area contributed by atoms with Crippen LogP contribution in [-0.4, -0.2) is 58.1 Å². The lowest BCUT2D eigenvalue weighted by Crippen LogP contribution is -2.39. The summed E-state index contributed by atoms with van der Waals surface area (Å²) in [4.78, 5) is 11.0. The van der Waals surface area contributed by atoms with Gasteiger partial charge in [-0.15, -0.1) is 0 Å². The Morgan fingerprint density at radius 1 is 1.21 bits per heavy atom. The minimum atomic E-state index is -4.25. The number of hydrogen-bond acceptors (Lipinski definition) is 5. The van der Waals surface area contributed by atoms with Crippen LogP contribution in [0.25, 0.3) is 17.0 Å². The van der Waals surface area contributed by atoms with E-state index in [9.17, 15) is 18.4 Å². The van der Waals surface area contributed by atoms with E-state index >= 15 is 0 Å². The van der Waals surface area contributed by atoms with Crippen LogP contribution in [0, 0.1) is 25.2 Å². The van der Waals surface area contributed by atoms with Crippen LogP contribution in [0.1, 0.15) is 54.3 Å². The Kier molecular flexibility index (Phi) is 8.98. The van der Waals surface area contributed by atoms with Gasteiger partial charge >= 0.3 is 6.18 Å². The van der Waals surface area contributed by atoms with E-state index in [1.165, 1.54) is 24.4 Å². The van der Waals surface area contributed by atoms with Crippen molar-refractivity contribution in [3.8, 4) is 6.07 Å². The van der Waals surface area contributed by atoms with E-state index < -0.39 is 12.6 Å². The van der Waals surface area contributed by atoms with E-state index in [1.54, 1.807) is 13.0 Å². The fourth-order valence-electron chi connectivity index (χ4n) is 5.28. The van der Waals surface area contributed by atoms with E-state index in [-0.39, 0.29) is 19.5 Å². The molecule has 0 atom stereocenters. The number of likely N-dealkylation sites (tertiary alicyclic amines) is 1. The number of aromatic nitrogens is 3. The Labute approximate surface area is 229 Å². The number of alkyl halides is 3. The van der Waals surface area contributed by atoms with Crippen LogP contribution in [0.3, 0.4) is 0 Å². The number of benzene rings is 1. The highest BCUT2D eigenvalue weighted by Crippen LogP contribution is 2.34. The van der Waals surface area contributed by atoms with Gasteiger partial charge in [0.15, 0.2) is 0 Å². The number of halogens is 3. The molecule has 0 unspecified atom stereocenters. The molecule has 4 rings (SSSR count). The lowest BCUT2D eigenvalue weighted by atomic mass is 10.0. The number of piperidine rings is 1. The van der Waals surface area contributed by atoms with Gasteiger partial charge in [0.1, 0.15) is 23.9 Å². The molecule has 3 heterocycles. The van der Waals surface area contributed by atoms with E-state index in [0.29, 0.717) is 17.1 Å². The number of nitrogens with zero attached hydrogens (tertiary/aromatic N) is 5. The third-order valence-corrected chi connectivity index (χ3v) is 8.13. The van der Waals surface area contributed by atoms with Crippen molar-refractivity contribution in [2.45, 2.75) is 65.1 Å². The molecular weight excluding hydrogens is 520 g/mol. The minimum absolute atomic E-state index is 0.173. The SMILES string of the molecule is C/C(=C\c1c(C)ncnc1NC1CCN(Cc2ccc3c(cc(C#N)n3CP(C)C)c2C)CC1)CC(F)(F)F. The third kappa shape index (κ3) is 7.17. The highest BCUT2D eigenvalue weighted by Gasteiger charge is 2.28. The van der Waals surface area contributed by atoms with Crippen LogP contribution < -0.4 is 5.32 Å². The summed E-state index contributed by atoms with van der Waals surface area (Å²) in [6, 6.07) is 8.91. The summed E-state index contributed by atoms with van der Waals surface area (Å²) in [5, 5.41) is 14.3. The van der Waals surface area contributed by atoms with Gasteiger partial charge in [-0.3, -0.25) is 4.90 Å².